The van der Waals surface area contributed by atoms with E-state index in [0.29, 0.717) is 28.0 Å². The maximum atomic E-state index is 12.8. The van der Waals surface area contributed by atoms with Gasteiger partial charge in [-0.3, -0.25) is 9.52 Å². The van der Waals surface area contributed by atoms with Crippen LogP contribution < -0.4 is 14.2 Å². The fourth-order valence-electron chi connectivity index (χ4n) is 2.76. The minimum absolute atomic E-state index is 0.0973. The molecule has 1 aromatic heterocycles. The van der Waals surface area contributed by atoms with E-state index in [-0.39, 0.29) is 12.4 Å². The van der Waals surface area contributed by atoms with Crippen molar-refractivity contribution in [1.29, 1.82) is 0 Å². The highest BCUT2D eigenvalue weighted by molar-refractivity contribution is 8.00. The smallest absolute Gasteiger partial charge is 0.229 e. The standard InChI is InChI=1S/C21H24N4O5S2/c1-14(20(26)15-5-7-16(8-6-15)24-32(4,27)28)31-21-23-22-19(25(21)2)13-30-18-11-9-17(29-3)10-12-18/h5-12,14,24H,13H2,1-4H3. The number of thioether (sulfide) groups is 1. The molecule has 3 rings (SSSR count). The average Bonchev–Trinajstić information content (AvgIpc) is 3.10. The van der Waals surface area contributed by atoms with Crippen molar-refractivity contribution in [3.63, 3.8) is 0 Å². The summed E-state index contributed by atoms with van der Waals surface area (Å²) in [5.41, 5.74) is 0.883. The van der Waals surface area contributed by atoms with Crippen LogP contribution in [0, 0.1) is 0 Å². The lowest BCUT2D eigenvalue weighted by Gasteiger charge is -2.11. The van der Waals surface area contributed by atoms with Crippen LogP contribution in [-0.4, -0.2) is 47.6 Å². The number of Topliss-reactive ketones (excluding diaryl/α,β-unsaturated/α-hetero) is 1. The van der Waals surface area contributed by atoms with E-state index in [9.17, 15) is 13.2 Å². The van der Waals surface area contributed by atoms with Crippen LogP contribution in [0.5, 0.6) is 11.5 Å². The Balaban J connectivity index is 1.60. The van der Waals surface area contributed by atoms with Crippen molar-refractivity contribution in [2.75, 3.05) is 18.1 Å². The number of anilines is 1. The minimum atomic E-state index is -3.37. The van der Waals surface area contributed by atoms with E-state index < -0.39 is 15.3 Å². The van der Waals surface area contributed by atoms with Crippen LogP contribution in [0.25, 0.3) is 0 Å². The largest absolute Gasteiger partial charge is 0.497 e. The van der Waals surface area contributed by atoms with Crippen LogP contribution in [0.1, 0.15) is 23.1 Å². The number of carbonyl (C=O) groups excluding carboxylic acids is 1. The Morgan fingerprint density at radius 2 is 1.72 bits per heavy atom. The highest BCUT2D eigenvalue weighted by Gasteiger charge is 2.20. The van der Waals surface area contributed by atoms with Gasteiger partial charge in [0.2, 0.25) is 10.0 Å². The minimum Gasteiger partial charge on any atom is -0.497 e. The molecule has 0 saturated heterocycles. The summed E-state index contributed by atoms with van der Waals surface area (Å²) in [7, 11) is 0.0517. The lowest BCUT2D eigenvalue weighted by atomic mass is 10.1. The first-order valence-electron chi connectivity index (χ1n) is 9.60. The number of hydrogen-bond donors (Lipinski definition) is 1. The third-order valence-electron chi connectivity index (χ3n) is 4.48. The summed E-state index contributed by atoms with van der Waals surface area (Å²) in [6, 6.07) is 13.5. The maximum absolute atomic E-state index is 12.8. The molecule has 0 aliphatic rings. The predicted molar refractivity (Wildman–Crippen MR) is 123 cm³/mol. The molecule has 2 aromatic carbocycles. The SMILES string of the molecule is COc1ccc(OCc2nnc(SC(C)C(=O)c3ccc(NS(C)(=O)=O)cc3)n2C)cc1. The first kappa shape index (κ1) is 23.6. The van der Waals surface area contributed by atoms with E-state index >= 15 is 0 Å². The molecule has 1 N–H and O–H groups in total. The molecule has 32 heavy (non-hydrogen) atoms. The number of carbonyl (C=O) groups is 1. The molecular formula is C21H24N4O5S2. The van der Waals surface area contributed by atoms with Crippen molar-refractivity contribution in [3.05, 3.63) is 59.9 Å². The van der Waals surface area contributed by atoms with Crippen molar-refractivity contribution in [1.82, 2.24) is 14.8 Å². The Hall–Kier alpha value is -3.05. The summed E-state index contributed by atoms with van der Waals surface area (Å²) in [4.78, 5) is 12.8. The molecule has 1 atom stereocenters. The highest BCUT2D eigenvalue weighted by Crippen LogP contribution is 2.25. The zero-order valence-corrected chi connectivity index (χ0v) is 19.7. The quantitative estimate of drug-likeness (QED) is 0.351. The number of nitrogens with one attached hydrogen (secondary N) is 1. The molecule has 0 radical (unpaired) electrons. The topological polar surface area (TPSA) is 112 Å². The van der Waals surface area contributed by atoms with Gasteiger partial charge in [-0.05, 0) is 55.5 Å². The molecule has 0 aliphatic carbocycles. The number of ether oxygens (including phenoxy) is 2. The van der Waals surface area contributed by atoms with Crippen LogP contribution in [0.3, 0.4) is 0 Å². The summed E-state index contributed by atoms with van der Waals surface area (Å²) in [5.74, 6) is 1.95. The Bertz CT molecular complexity index is 1180. The lowest BCUT2D eigenvalue weighted by molar-refractivity contribution is 0.0994. The van der Waals surface area contributed by atoms with Gasteiger partial charge in [-0.1, -0.05) is 11.8 Å². The van der Waals surface area contributed by atoms with Gasteiger partial charge in [-0.15, -0.1) is 10.2 Å². The van der Waals surface area contributed by atoms with Gasteiger partial charge < -0.3 is 14.0 Å². The first-order chi connectivity index (χ1) is 15.2. The molecule has 1 unspecified atom stereocenters. The number of methoxy groups -OCH3 is 1. The van der Waals surface area contributed by atoms with Gasteiger partial charge in [0.15, 0.2) is 16.8 Å². The molecular weight excluding hydrogens is 452 g/mol. The van der Waals surface area contributed by atoms with Crippen molar-refractivity contribution < 1.29 is 22.7 Å². The van der Waals surface area contributed by atoms with E-state index in [2.05, 4.69) is 14.9 Å². The molecule has 11 heteroatoms. The molecule has 3 aromatic rings. The molecule has 0 aliphatic heterocycles. The number of sulfonamides is 1. The zero-order valence-electron chi connectivity index (χ0n) is 18.1. The Kier molecular flexibility index (Phi) is 7.41. The van der Waals surface area contributed by atoms with Crippen molar-refractivity contribution in [2.24, 2.45) is 7.05 Å². The second-order valence-corrected chi connectivity index (χ2v) is 10.1. The summed E-state index contributed by atoms with van der Waals surface area (Å²) in [6.45, 7) is 2.02. The summed E-state index contributed by atoms with van der Waals surface area (Å²) in [5, 5.41) is 8.51. The lowest BCUT2D eigenvalue weighted by Crippen LogP contribution is -2.15. The predicted octanol–water partition coefficient (Wildman–Crippen LogP) is 3.14. The van der Waals surface area contributed by atoms with Crippen LogP contribution in [0.15, 0.2) is 53.7 Å². The number of benzene rings is 2. The third-order valence-corrected chi connectivity index (χ3v) is 6.22. The van der Waals surface area contributed by atoms with Crippen LogP contribution in [0.2, 0.25) is 0 Å². The van der Waals surface area contributed by atoms with Gasteiger partial charge in [0.05, 0.1) is 18.6 Å². The second-order valence-electron chi connectivity index (χ2n) is 7.00. The summed E-state index contributed by atoms with van der Waals surface area (Å²) < 4.78 is 37.7. The molecule has 0 fully saturated rings. The van der Waals surface area contributed by atoms with Crippen molar-refractivity contribution in [3.8, 4) is 11.5 Å². The molecule has 0 saturated carbocycles. The summed E-state index contributed by atoms with van der Waals surface area (Å²) in [6.07, 6.45) is 1.07. The Morgan fingerprint density at radius 1 is 1.09 bits per heavy atom. The second kappa shape index (κ2) is 10.0. The monoisotopic (exact) mass is 476 g/mol. The van der Waals surface area contributed by atoms with Gasteiger partial charge in [0.1, 0.15) is 18.1 Å². The average molecular weight is 477 g/mol. The molecule has 0 spiro atoms. The van der Waals surface area contributed by atoms with Gasteiger partial charge in [-0.25, -0.2) is 8.42 Å². The van der Waals surface area contributed by atoms with Crippen LogP contribution >= 0.6 is 11.8 Å². The van der Waals surface area contributed by atoms with E-state index in [1.54, 1.807) is 42.9 Å². The van der Waals surface area contributed by atoms with Crippen molar-refractivity contribution in [2.45, 2.75) is 23.9 Å². The van der Waals surface area contributed by atoms with Gasteiger partial charge in [0.25, 0.3) is 0 Å². The summed E-state index contributed by atoms with van der Waals surface area (Å²) >= 11 is 1.29. The Morgan fingerprint density at radius 3 is 2.31 bits per heavy atom. The number of hydrogen-bond acceptors (Lipinski definition) is 8. The van der Waals surface area contributed by atoms with E-state index in [1.807, 2.05) is 31.3 Å². The first-order valence-corrected chi connectivity index (χ1v) is 12.4. The van der Waals surface area contributed by atoms with E-state index in [0.717, 1.165) is 12.0 Å². The van der Waals surface area contributed by atoms with Gasteiger partial charge >= 0.3 is 0 Å². The Labute approximate surface area is 191 Å². The molecule has 0 amide bonds. The fraction of sp³-hybridized carbons (Fsp3) is 0.286. The zero-order chi connectivity index (χ0) is 23.3. The van der Waals surface area contributed by atoms with Gasteiger partial charge in [-0.2, -0.15) is 0 Å². The van der Waals surface area contributed by atoms with Crippen LogP contribution in [-0.2, 0) is 23.7 Å². The third kappa shape index (κ3) is 6.24. The van der Waals surface area contributed by atoms with E-state index in [1.165, 1.54) is 11.8 Å². The number of ketones is 1. The molecule has 0 bridgehead atoms. The number of aromatic nitrogens is 3. The molecule has 1 heterocycles. The van der Waals surface area contributed by atoms with Crippen molar-refractivity contribution >= 4 is 33.3 Å². The maximum Gasteiger partial charge on any atom is 0.229 e. The van der Waals surface area contributed by atoms with Gasteiger partial charge in [0, 0.05) is 18.3 Å². The van der Waals surface area contributed by atoms with Crippen LogP contribution in [0.4, 0.5) is 5.69 Å². The molecule has 9 nitrogen and oxygen atoms in total. The number of nitrogens with zero attached hydrogens (tertiary/aromatic N) is 3. The molecule has 170 valence electrons. The highest BCUT2D eigenvalue weighted by atomic mass is 32.2. The fourth-order valence-corrected chi connectivity index (χ4v) is 4.23. The number of rotatable bonds is 10. The normalized spacial score (nSPS) is 12.2. The van der Waals surface area contributed by atoms with E-state index in [4.69, 9.17) is 9.47 Å².